The number of carbonyl (C=O) groups is 3. The fourth-order valence-corrected chi connectivity index (χ4v) is 7.59. The van der Waals surface area contributed by atoms with Crippen LogP contribution in [0.25, 0.3) is 0 Å². The Morgan fingerprint density at radius 1 is 0.328 bits per heavy atom. The third kappa shape index (κ3) is 48.5. The summed E-state index contributed by atoms with van der Waals surface area (Å²) in [5.41, 5.74) is 0. The molecule has 0 rings (SSSR count). The molecular formula is C55H100O6. The molecule has 0 bridgehead atoms. The predicted molar refractivity (Wildman–Crippen MR) is 261 cm³/mol. The van der Waals surface area contributed by atoms with Gasteiger partial charge < -0.3 is 14.2 Å². The van der Waals surface area contributed by atoms with Gasteiger partial charge in [0.15, 0.2) is 6.10 Å². The van der Waals surface area contributed by atoms with Crippen molar-refractivity contribution in [3.63, 3.8) is 0 Å². The van der Waals surface area contributed by atoms with Crippen molar-refractivity contribution in [2.75, 3.05) is 13.2 Å². The molecule has 0 aliphatic heterocycles. The van der Waals surface area contributed by atoms with E-state index in [9.17, 15) is 14.4 Å². The van der Waals surface area contributed by atoms with E-state index in [1.807, 2.05) is 0 Å². The van der Waals surface area contributed by atoms with E-state index in [0.29, 0.717) is 19.3 Å². The molecule has 0 aromatic heterocycles. The second kappa shape index (κ2) is 50.3. The van der Waals surface area contributed by atoms with E-state index in [2.05, 4.69) is 57.2 Å². The Morgan fingerprint density at radius 3 is 0.951 bits per heavy atom. The zero-order chi connectivity index (χ0) is 44.4. The molecule has 0 fully saturated rings. The smallest absolute Gasteiger partial charge is 0.306 e. The molecular weight excluding hydrogens is 757 g/mol. The Labute approximate surface area is 378 Å². The van der Waals surface area contributed by atoms with Gasteiger partial charge in [0.25, 0.3) is 0 Å². The first kappa shape index (κ1) is 58.6. The van der Waals surface area contributed by atoms with Crippen LogP contribution in [0.3, 0.4) is 0 Å². The third-order valence-electron chi connectivity index (χ3n) is 11.6. The predicted octanol–water partition coefficient (Wildman–Crippen LogP) is 17.3. The summed E-state index contributed by atoms with van der Waals surface area (Å²) in [6.07, 6.45) is 58.4. The highest BCUT2D eigenvalue weighted by Gasteiger charge is 2.19. The molecule has 0 unspecified atom stereocenters. The lowest BCUT2D eigenvalue weighted by Crippen LogP contribution is -2.30. The van der Waals surface area contributed by atoms with Crippen molar-refractivity contribution in [3.8, 4) is 0 Å². The van der Waals surface area contributed by atoms with Gasteiger partial charge in [-0.3, -0.25) is 14.4 Å². The molecule has 0 amide bonds. The van der Waals surface area contributed by atoms with Crippen LogP contribution in [0.5, 0.6) is 0 Å². The molecule has 0 saturated heterocycles. The highest BCUT2D eigenvalue weighted by atomic mass is 16.6. The Hall–Kier alpha value is -2.37. The average molecular weight is 857 g/mol. The van der Waals surface area contributed by atoms with E-state index in [-0.39, 0.29) is 31.1 Å². The van der Waals surface area contributed by atoms with Crippen LogP contribution in [0.15, 0.2) is 36.5 Å². The Balaban J connectivity index is 4.31. The van der Waals surface area contributed by atoms with Gasteiger partial charge in [-0.25, -0.2) is 0 Å². The molecule has 0 aromatic rings. The minimum absolute atomic E-state index is 0.0738. The average Bonchev–Trinajstić information content (AvgIpc) is 3.26. The molecule has 0 aliphatic rings. The number of unbranched alkanes of at least 4 members (excludes halogenated alkanes) is 31. The molecule has 0 spiro atoms. The van der Waals surface area contributed by atoms with Gasteiger partial charge in [0.05, 0.1) is 0 Å². The second-order valence-corrected chi connectivity index (χ2v) is 17.8. The van der Waals surface area contributed by atoms with Crippen LogP contribution < -0.4 is 0 Å². The van der Waals surface area contributed by atoms with Gasteiger partial charge in [-0.15, -0.1) is 0 Å². The summed E-state index contributed by atoms with van der Waals surface area (Å²) in [5.74, 6) is -0.877. The minimum atomic E-state index is -0.773. The van der Waals surface area contributed by atoms with Crippen molar-refractivity contribution in [2.45, 2.75) is 284 Å². The molecule has 0 heterocycles. The molecule has 6 nitrogen and oxygen atoms in total. The quantitative estimate of drug-likeness (QED) is 0.0262. The van der Waals surface area contributed by atoms with E-state index in [1.165, 1.54) is 161 Å². The van der Waals surface area contributed by atoms with E-state index < -0.39 is 6.10 Å². The maximum atomic E-state index is 12.8. The lowest BCUT2D eigenvalue weighted by molar-refractivity contribution is -0.167. The first-order valence-electron chi connectivity index (χ1n) is 26.5. The van der Waals surface area contributed by atoms with Crippen LogP contribution in [0.1, 0.15) is 278 Å². The van der Waals surface area contributed by atoms with Crippen LogP contribution in [-0.2, 0) is 28.6 Å². The fourth-order valence-electron chi connectivity index (χ4n) is 7.59. The summed E-state index contributed by atoms with van der Waals surface area (Å²) in [7, 11) is 0. The zero-order valence-electron chi connectivity index (χ0n) is 40.7. The maximum absolute atomic E-state index is 12.8. The Bertz CT molecular complexity index is 1030. The topological polar surface area (TPSA) is 78.9 Å². The van der Waals surface area contributed by atoms with Crippen LogP contribution >= 0.6 is 0 Å². The number of hydrogen-bond donors (Lipinski definition) is 0. The van der Waals surface area contributed by atoms with Gasteiger partial charge in [0.2, 0.25) is 0 Å². The van der Waals surface area contributed by atoms with Crippen LogP contribution in [0.2, 0.25) is 0 Å². The summed E-state index contributed by atoms with van der Waals surface area (Å²) in [5, 5.41) is 0. The highest BCUT2D eigenvalue weighted by Crippen LogP contribution is 2.15. The number of esters is 3. The molecule has 61 heavy (non-hydrogen) atoms. The van der Waals surface area contributed by atoms with E-state index >= 15 is 0 Å². The third-order valence-corrected chi connectivity index (χ3v) is 11.6. The largest absolute Gasteiger partial charge is 0.462 e. The van der Waals surface area contributed by atoms with Gasteiger partial charge >= 0.3 is 17.9 Å². The summed E-state index contributed by atoms with van der Waals surface area (Å²) >= 11 is 0. The zero-order valence-corrected chi connectivity index (χ0v) is 40.7. The summed E-state index contributed by atoms with van der Waals surface area (Å²) < 4.78 is 16.8. The van der Waals surface area contributed by atoms with Crippen molar-refractivity contribution in [1.29, 1.82) is 0 Å². The van der Waals surface area contributed by atoms with Crippen LogP contribution in [0, 0.1) is 0 Å². The second-order valence-electron chi connectivity index (χ2n) is 17.8. The lowest BCUT2D eigenvalue weighted by Gasteiger charge is -2.18. The van der Waals surface area contributed by atoms with Crippen LogP contribution in [0.4, 0.5) is 0 Å². The fraction of sp³-hybridized carbons (Fsp3) is 0.836. The van der Waals surface area contributed by atoms with Gasteiger partial charge in [0, 0.05) is 19.3 Å². The number of rotatable bonds is 48. The van der Waals surface area contributed by atoms with Crippen molar-refractivity contribution < 1.29 is 28.6 Å². The normalized spacial score (nSPS) is 12.2. The van der Waals surface area contributed by atoms with Crippen molar-refractivity contribution in [3.05, 3.63) is 36.5 Å². The van der Waals surface area contributed by atoms with E-state index in [0.717, 1.165) is 77.0 Å². The highest BCUT2D eigenvalue weighted by molar-refractivity contribution is 5.71. The number of carbonyl (C=O) groups excluding carboxylic acids is 3. The van der Waals surface area contributed by atoms with Gasteiger partial charge in [-0.05, 0) is 77.0 Å². The minimum Gasteiger partial charge on any atom is -0.462 e. The van der Waals surface area contributed by atoms with Crippen molar-refractivity contribution >= 4 is 17.9 Å². The summed E-state index contributed by atoms with van der Waals surface area (Å²) in [4.78, 5) is 37.9. The number of allylic oxidation sites excluding steroid dienone is 6. The number of ether oxygens (including phenoxy) is 3. The maximum Gasteiger partial charge on any atom is 0.306 e. The molecule has 0 saturated carbocycles. The molecule has 6 heteroatoms. The van der Waals surface area contributed by atoms with Crippen molar-refractivity contribution in [2.24, 2.45) is 0 Å². The molecule has 0 aliphatic carbocycles. The SMILES string of the molecule is CCCCC/C=C\C/C=C\CCCCCCCCCCCC(=O)OC[C@@H](COC(=O)CCCCCCCCCCCCCC)OC(=O)CCCCCCC/C=C\CCCCC. The molecule has 0 N–H and O–H groups in total. The lowest BCUT2D eigenvalue weighted by atomic mass is 10.0. The Kier molecular flexibility index (Phi) is 48.3. The first-order valence-corrected chi connectivity index (χ1v) is 26.5. The van der Waals surface area contributed by atoms with Gasteiger partial charge in [0.1, 0.15) is 13.2 Å². The molecule has 1 atom stereocenters. The summed E-state index contributed by atoms with van der Waals surface area (Å²) in [6.45, 7) is 6.60. The van der Waals surface area contributed by atoms with Crippen molar-refractivity contribution in [1.82, 2.24) is 0 Å². The van der Waals surface area contributed by atoms with E-state index in [4.69, 9.17) is 14.2 Å². The molecule has 0 aromatic carbocycles. The van der Waals surface area contributed by atoms with Gasteiger partial charge in [-0.1, -0.05) is 218 Å². The van der Waals surface area contributed by atoms with Gasteiger partial charge in [-0.2, -0.15) is 0 Å². The molecule has 356 valence electrons. The molecule has 0 radical (unpaired) electrons. The summed E-state index contributed by atoms with van der Waals surface area (Å²) in [6, 6.07) is 0. The number of hydrogen-bond acceptors (Lipinski definition) is 6. The Morgan fingerprint density at radius 2 is 0.590 bits per heavy atom. The first-order chi connectivity index (χ1) is 30.0. The van der Waals surface area contributed by atoms with E-state index in [1.54, 1.807) is 0 Å². The van der Waals surface area contributed by atoms with Crippen LogP contribution in [-0.4, -0.2) is 37.2 Å². The standard InChI is InChI=1S/C55H100O6/c1-4-7-10-13-16-19-22-25-26-27-28-29-30-31-34-36-39-42-45-48-54(57)60-51-52(61-55(58)49-46-43-40-37-33-24-21-18-15-12-9-6-3)50-59-53(56)47-44-41-38-35-32-23-20-17-14-11-8-5-2/h16,18-19,21,25-26,52H,4-15,17,20,22-24,27-51H2,1-3H3/b19-16-,21-18-,26-25-/t52-/m1/s1. The monoisotopic (exact) mass is 857 g/mol.